The molecule has 1 aromatic heterocycles. The van der Waals surface area contributed by atoms with Crippen molar-refractivity contribution >= 4 is 106 Å². The first kappa shape index (κ1) is 56.5. The van der Waals surface area contributed by atoms with E-state index < -0.39 is 129 Å². The number of nitrogen functional groups attached to an aromatic ring is 2. The largest absolute Gasteiger partial charge is 0.490 e. The van der Waals surface area contributed by atoms with Crippen LogP contribution in [-0.4, -0.2) is 114 Å². The molecule has 3 aromatic rings. The highest BCUT2D eigenvalue weighted by Crippen LogP contribution is 2.66. The number of hydrogen-bond donors (Lipinski definition) is 12. The van der Waals surface area contributed by atoms with E-state index in [1.54, 1.807) is 13.8 Å². The average molecular weight is 1150 g/mol. The Balaban J connectivity index is 1.18. The predicted octanol–water partition coefficient (Wildman–Crippen LogP) is 2.90. The number of ether oxygens (including phenoxy) is 2. The van der Waals surface area contributed by atoms with Crippen molar-refractivity contribution in [2.45, 2.75) is 53.2 Å². The fraction of sp³-hybridized carbons (Fsp3) is 0.286. The summed E-state index contributed by atoms with van der Waals surface area (Å²) in [6.45, 7) is 2.43. The number of anilines is 2. The maximum absolute atomic E-state index is 13.6. The van der Waals surface area contributed by atoms with Gasteiger partial charge in [-0.15, -0.1) is 0 Å². The Hall–Kier alpha value is -4.80. The highest BCUT2D eigenvalue weighted by molar-refractivity contribution is 8.77. The summed E-state index contributed by atoms with van der Waals surface area (Å²) in [6.07, 6.45) is -2.38. The zero-order chi connectivity index (χ0) is 53.7. The van der Waals surface area contributed by atoms with Crippen LogP contribution in [0.4, 0.5) is 11.5 Å². The number of nitrogens with two attached hydrogens (primary N) is 3. The van der Waals surface area contributed by atoms with Gasteiger partial charge in [0.1, 0.15) is 24.1 Å². The molecule has 0 bridgehead atoms. The number of carboxylic acids is 1. The summed E-state index contributed by atoms with van der Waals surface area (Å²) in [5, 5.41) is 20.3. The van der Waals surface area contributed by atoms with Gasteiger partial charge in [0.05, 0.1) is 35.6 Å². The first-order valence-corrected chi connectivity index (χ1v) is 29.3. The summed E-state index contributed by atoms with van der Waals surface area (Å²) < 4.78 is 136. The number of phosphoric acid groups is 3. The molecular formula is C35H40N7O23P3S4. The Kier molecular flexibility index (Phi) is 16.4. The summed E-state index contributed by atoms with van der Waals surface area (Å²) in [5.41, 5.74) is 14.1. The molecule has 1 aliphatic carbocycles. The van der Waals surface area contributed by atoms with Crippen molar-refractivity contribution in [2.75, 3.05) is 30.6 Å². The Morgan fingerprint density at radius 3 is 2.21 bits per heavy atom. The standard InChI is InChI=1S/C35H40N7O23P3S4/c1-35(2,70-69-14-60-22-10-24(42-13-41-26(31(42)38)32(39)43)62-23(22)11-61-67(50,51)65-68(52,53)64-66(47,48)49)12-40-33(44)15-3-4-16(19(9-15)34(45)46)25-17-5-7-20(36)29(71(54,55)56)27(17)63-28-18(25)6-8-21(37)30(28)72(57,58)59/h3-9,13,22-24,36H,10-12,14,37-38H2,1-2H3,(H2,39,43)(H,40,44)(H,45,46)(H,50,51)(H,52,53)(H2,47,48,49)(H,54,55,56)(H,57,58,59)/t22-,23-,24-/m1/s1. The quantitative estimate of drug-likeness (QED) is 0.00955. The third kappa shape index (κ3) is 13.1. The number of nitrogens with zero attached hydrogens (tertiary/aromatic N) is 2. The van der Waals surface area contributed by atoms with E-state index >= 15 is 0 Å². The minimum absolute atomic E-state index is 0.0732. The van der Waals surface area contributed by atoms with Gasteiger partial charge in [-0.1, -0.05) is 27.7 Å². The first-order valence-electron chi connectivity index (χ1n) is 19.6. The molecule has 72 heavy (non-hydrogen) atoms. The number of rotatable bonds is 21. The number of aromatic carboxylic acids is 1. The van der Waals surface area contributed by atoms with Crippen LogP contribution < -0.4 is 27.9 Å². The number of primary amides is 1. The molecule has 0 radical (unpaired) electrons. The number of carbonyl (C=O) groups excluding carboxylic acids is 2. The van der Waals surface area contributed by atoms with Crippen LogP contribution in [-0.2, 0) is 56.6 Å². The van der Waals surface area contributed by atoms with Gasteiger partial charge in [0, 0.05) is 39.8 Å². The smallest absolute Gasteiger partial charge is 0.478 e. The van der Waals surface area contributed by atoms with E-state index in [9.17, 15) is 68.9 Å². The van der Waals surface area contributed by atoms with Crippen LogP contribution in [0.2, 0.25) is 0 Å². The number of carbonyl (C=O) groups is 3. The number of benzene rings is 3. The van der Waals surface area contributed by atoms with Crippen LogP contribution in [0, 0.1) is 5.41 Å². The summed E-state index contributed by atoms with van der Waals surface area (Å²) in [4.78, 5) is 77.1. The number of fused-ring (bicyclic) bond motifs is 2. The molecule has 0 saturated carbocycles. The Bertz CT molecular complexity index is 3420. The van der Waals surface area contributed by atoms with E-state index in [0.717, 1.165) is 47.5 Å². The van der Waals surface area contributed by atoms with Gasteiger partial charge in [-0.3, -0.25) is 33.2 Å². The van der Waals surface area contributed by atoms with E-state index in [-0.39, 0.29) is 58.1 Å². The molecule has 2 unspecified atom stereocenters. The number of amides is 2. The number of aromatic nitrogens is 2. The number of nitrogens with one attached hydrogen (secondary N) is 2. The van der Waals surface area contributed by atoms with Crippen molar-refractivity contribution in [3.63, 3.8) is 0 Å². The highest BCUT2D eigenvalue weighted by atomic mass is 33.1. The molecule has 1 saturated heterocycles. The molecule has 0 spiro atoms. The van der Waals surface area contributed by atoms with Crippen molar-refractivity contribution in [1.82, 2.24) is 14.9 Å². The van der Waals surface area contributed by atoms with Crippen LogP contribution in [0.1, 0.15) is 57.7 Å². The van der Waals surface area contributed by atoms with E-state index in [1.165, 1.54) is 27.5 Å². The maximum Gasteiger partial charge on any atom is 0.490 e. The van der Waals surface area contributed by atoms with Crippen molar-refractivity contribution in [2.24, 2.45) is 5.73 Å². The van der Waals surface area contributed by atoms with Crippen LogP contribution in [0.25, 0.3) is 33.4 Å². The Morgan fingerprint density at radius 2 is 1.61 bits per heavy atom. The van der Waals surface area contributed by atoms with Gasteiger partial charge in [0.15, 0.2) is 26.8 Å². The van der Waals surface area contributed by atoms with Crippen molar-refractivity contribution in [1.29, 1.82) is 5.41 Å². The van der Waals surface area contributed by atoms with Crippen molar-refractivity contribution in [3.8, 4) is 22.5 Å². The molecule has 3 aliphatic rings. The van der Waals surface area contributed by atoms with Gasteiger partial charge in [0.2, 0.25) is 0 Å². The summed E-state index contributed by atoms with van der Waals surface area (Å²) in [7, 11) is -25.4. The van der Waals surface area contributed by atoms with Crippen molar-refractivity contribution in [3.05, 3.63) is 71.0 Å². The maximum atomic E-state index is 13.6. The highest BCUT2D eigenvalue weighted by Gasteiger charge is 2.44. The molecule has 30 nitrogen and oxygen atoms in total. The minimum Gasteiger partial charge on any atom is -0.478 e. The van der Waals surface area contributed by atoms with Crippen LogP contribution >= 0.6 is 45.1 Å². The first-order chi connectivity index (χ1) is 33.1. The van der Waals surface area contributed by atoms with Gasteiger partial charge in [-0.05, 0) is 55.8 Å². The molecule has 2 amide bonds. The monoisotopic (exact) mass is 1150 g/mol. The molecule has 1 fully saturated rings. The van der Waals surface area contributed by atoms with Gasteiger partial charge in [-0.25, -0.2) is 23.5 Å². The molecule has 2 aromatic carbocycles. The van der Waals surface area contributed by atoms with Crippen LogP contribution in [0.3, 0.4) is 0 Å². The molecule has 37 heteroatoms. The average Bonchev–Trinajstić information content (AvgIpc) is 3.82. The van der Waals surface area contributed by atoms with Crippen molar-refractivity contribution < 1.29 is 106 Å². The second-order valence-corrected chi connectivity index (χ2v) is 25.7. The zero-order valence-electron chi connectivity index (χ0n) is 36.4. The van der Waals surface area contributed by atoms with Crippen LogP contribution in [0.15, 0.2) is 63.0 Å². The third-order valence-electron chi connectivity index (χ3n) is 9.96. The molecular weight excluding hydrogens is 1110 g/mol. The minimum atomic E-state index is -5.86. The lowest BCUT2D eigenvalue weighted by Gasteiger charge is -2.25. The molecule has 392 valence electrons. The summed E-state index contributed by atoms with van der Waals surface area (Å²) in [6, 6.07) is 7.69. The number of imidazole rings is 1. The summed E-state index contributed by atoms with van der Waals surface area (Å²) >= 11 is 0. The molecule has 6 rings (SSSR count). The Labute approximate surface area is 412 Å². The van der Waals surface area contributed by atoms with Gasteiger partial charge < -0.3 is 61.1 Å². The van der Waals surface area contributed by atoms with Gasteiger partial charge in [0.25, 0.3) is 32.1 Å². The van der Waals surface area contributed by atoms with Crippen LogP contribution in [0.5, 0.6) is 0 Å². The molecule has 5 atom stereocenters. The summed E-state index contributed by atoms with van der Waals surface area (Å²) in [5.74, 6) is -4.55. The molecule has 2 aliphatic heterocycles. The zero-order valence-corrected chi connectivity index (χ0v) is 42.4. The normalized spacial score (nSPS) is 18.5. The number of hydrogen-bond acceptors (Lipinski definition) is 22. The number of phosphoric ester groups is 1. The lowest BCUT2D eigenvalue weighted by Crippen LogP contribution is -2.36. The van der Waals surface area contributed by atoms with E-state index in [0.29, 0.717) is 0 Å². The Morgan fingerprint density at radius 1 is 0.958 bits per heavy atom. The molecule has 3 heterocycles. The SMILES string of the molecule is CC(C)(CNC(=O)c1ccc(-c2c3ccc(=N)c(S(=O)(=O)O)c-3oc3c(S(=O)(=O)O)c(N)ccc23)c(C(=O)O)c1)SSCO[C@@H]1C[C@H](n2cnc(C(N)=O)c2N)O[C@@H]1COP(=O)(O)OP(=O)(O)OP(=O)(O)O. The fourth-order valence-corrected chi connectivity index (χ4v) is 13.7. The third-order valence-corrected chi connectivity index (χ3v) is 18.6. The fourth-order valence-electron chi connectivity index (χ4n) is 7.06. The molecule has 15 N–H and O–H groups in total. The van der Waals surface area contributed by atoms with Gasteiger partial charge in [-0.2, -0.15) is 25.5 Å². The van der Waals surface area contributed by atoms with E-state index in [4.69, 9.17) is 50.8 Å². The van der Waals surface area contributed by atoms with Gasteiger partial charge >= 0.3 is 29.4 Å². The lowest BCUT2D eigenvalue weighted by molar-refractivity contribution is -0.0525. The van der Waals surface area contributed by atoms with E-state index in [2.05, 4.69) is 18.9 Å². The second kappa shape index (κ2) is 20.8. The van der Waals surface area contributed by atoms with E-state index in [1.807, 2.05) is 0 Å². The second-order valence-electron chi connectivity index (χ2n) is 15.6. The number of carboxylic acid groups (broad SMARTS) is 1. The predicted molar refractivity (Wildman–Crippen MR) is 250 cm³/mol. The topological polar surface area (TPSA) is 503 Å². The lowest BCUT2D eigenvalue weighted by atomic mass is 9.89.